The molecule has 2 N–H and O–H groups in total. The third-order valence-corrected chi connectivity index (χ3v) is 6.18. The van der Waals surface area contributed by atoms with E-state index in [2.05, 4.69) is 36.5 Å². The average molecular weight is 379 g/mol. The standard InChI is InChI=1S/C23H25NO4/c1-14-11-20(14)23(2,12-21(25)26)24-22(27)28-13-19-17-9-5-3-7-15(17)16-8-4-6-10-18(16)19/h3-10,14,19-20H,11-13H2,1-2H3,(H,24,27)(H,25,26). The summed E-state index contributed by atoms with van der Waals surface area (Å²) in [5.74, 6) is -0.341. The van der Waals surface area contributed by atoms with Gasteiger partial charge in [0.25, 0.3) is 0 Å². The van der Waals surface area contributed by atoms with E-state index in [1.54, 1.807) is 6.92 Å². The molecule has 3 atom stereocenters. The van der Waals surface area contributed by atoms with E-state index < -0.39 is 17.6 Å². The number of carbonyl (C=O) groups is 2. The van der Waals surface area contributed by atoms with Crippen molar-refractivity contribution in [1.82, 2.24) is 5.32 Å². The number of nitrogens with one attached hydrogen (secondary N) is 1. The van der Waals surface area contributed by atoms with Crippen LogP contribution in [0.2, 0.25) is 0 Å². The molecule has 28 heavy (non-hydrogen) atoms. The highest BCUT2D eigenvalue weighted by molar-refractivity contribution is 5.79. The van der Waals surface area contributed by atoms with E-state index in [9.17, 15) is 14.7 Å². The zero-order chi connectivity index (χ0) is 19.9. The van der Waals surface area contributed by atoms with Gasteiger partial charge in [-0.2, -0.15) is 0 Å². The van der Waals surface area contributed by atoms with Crippen molar-refractivity contribution in [2.75, 3.05) is 6.61 Å². The van der Waals surface area contributed by atoms with E-state index in [1.807, 2.05) is 24.3 Å². The summed E-state index contributed by atoms with van der Waals surface area (Å²) in [6.45, 7) is 4.10. The smallest absolute Gasteiger partial charge is 0.407 e. The zero-order valence-electron chi connectivity index (χ0n) is 16.1. The summed E-state index contributed by atoms with van der Waals surface area (Å²) in [7, 11) is 0. The maximum Gasteiger partial charge on any atom is 0.407 e. The Morgan fingerprint density at radius 1 is 1.11 bits per heavy atom. The number of alkyl carbamates (subject to hydrolysis) is 1. The van der Waals surface area contributed by atoms with E-state index in [0.29, 0.717) is 5.92 Å². The number of ether oxygens (including phenoxy) is 1. The fourth-order valence-corrected chi connectivity index (χ4v) is 4.66. The van der Waals surface area contributed by atoms with E-state index in [4.69, 9.17) is 4.74 Å². The van der Waals surface area contributed by atoms with Crippen LogP contribution in [-0.4, -0.2) is 29.3 Å². The van der Waals surface area contributed by atoms with Crippen molar-refractivity contribution in [2.24, 2.45) is 11.8 Å². The summed E-state index contributed by atoms with van der Waals surface area (Å²) in [5.41, 5.74) is 3.87. The van der Waals surface area contributed by atoms with Crippen LogP contribution in [0.15, 0.2) is 48.5 Å². The highest BCUT2D eigenvalue weighted by Gasteiger charge is 2.49. The molecule has 0 saturated heterocycles. The summed E-state index contributed by atoms with van der Waals surface area (Å²) in [4.78, 5) is 23.8. The van der Waals surface area contributed by atoms with Gasteiger partial charge in [-0.25, -0.2) is 4.79 Å². The van der Waals surface area contributed by atoms with Crippen LogP contribution in [0, 0.1) is 11.8 Å². The largest absolute Gasteiger partial charge is 0.481 e. The number of hydrogen-bond donors (Lipinski definition) is 2. The monoisotopic (exact) mass is 379 g/mol. The number of hydrogen-bond acceptors (Lipinski definition) is 3. The summed E-state index contributed by atoms with van der Waals surface area (Å²) in [6, 6.07) is 16.3. The maximum atomic E-state index is 12.5. The maximum absolute atomic E-state index is 12.5. The molecule has 2 aliphatic rings. The number of carbonyl (C=O) groups excluding carboxylic acids is 1. The Hall–Kier alpha value is -2.82. The van der Waals surface area contributed by atoms with Crippen molar-refractivity contribution < 1.29 is 19.4 Å². The van der Waals surface area contributed by atoms with Gasteiger partial charge in [-0.15, -0.1) is 0 Å². The molecule has 0 spiro atoms. The van der Waals surface area contributed by atoms with E-state index in [-0.39, 0.29) is 24.9 Å². The fraction of sp³-hybridized carbons (Fsp3) is 0.391. The second-order valence-corrected chi connectivity index (χ2v) is 8.26. The third-order valence-electron chi connectivity index (χ3n) is 6.18. The SMILES string of the molecule is CC1CC1C(C)(CC(=O)O)NC(=O)OCC1c2ccccc2-c2ccccc21. The lowest BCUT2D eigenvalue weighted by atomic mass is 9.90. The van der Waals surface area contributed by atoms with E-state index in [1.165, 1.54) is 11.1 Å². The number of fused-ring (bicyclic) bond motifs is 3. The minimum Gasteiger partial charge on any atom is -0.481 e. The molecule has 5 nitrogen and oxygen atoms in total. The number of carboxylic acids is 1. The molecule has 5 heteroatoms. The molecule has 146 valence electrons. The van der Waals surface area contributed by atoms with E-state index in [0.717, 1.165) is 17.5 Å². The molecule has 2 aromatic rings. The first-order valence-corrected chi connectivity index (χ1v) is 9.74. The van der Waals surface area contributed by atoms with Gasteiger partial charge in [0.15, 0.2) is 0 Å². The Labute approximate surface area is 164 Å². The number of carboxylic acid groups (broad SMARTS) is 1. The van der Waals surface area contributed by atoms with Gasteiger partial charge in [-0.3, -0.25) is 4.79 Å². The number of benzene rings is 2. The van der Waals surface area contributed by atoms with Gasteiger partial charge in [-0.05, 0) is 47.4 Å². The summed E-state index contributed by atoms with van der Waals surface area (Å²) in [6.07, 6.45) is 0.268. The second kappa shape index (κ2) is 6.97. The third kappa shape index (κ3) is 3.37. The number of aliphatic carboxylic acids is 1. The van der Waals surface area contributed by atoms with Gasteiger partial charge >= 0.3 is 12.1 Å². The van der Waals surface area contributed by atoms with Crippen molar-refractivity contribution in [3.63, 3.8) is 0 Å². The average Bonchev–Trinajstić information content (AvgIpc) is 3.31. The van der Waals surface area contributed by atoms with Crippen molar-refractivity contribution in [3.8, 4) is 11.1 Å². The Bertz CT molecular complexity index is 879. The Morgan fingerprint density at radius 2 is 1.64 bits per heavy atom. The summed E-state index contributed by atoms with van der Waals surface area (Å²) < 4.78 is 5.59. The predicted octanol–water partition coefficient (Wildman–Crippen LogP) is 4.41. The molecule has 4 rings (SSSR count). The molecular weight excluding hydrogens is 354 g/mol. The van der Waals surface area contributed by atoms with Crippen LogP contribution >= 0.6 is 0 Å². The molecule has 0 radical (unpaired) electrons. The van der Waals surface area contributed by atoms with Crippen LogP contribution in [0.25, 0.3) is 11.1 Å². The van der Waals surface area contributed by atoms with Crippen molar-refractivity contribution in [3.05, 3.63) is 59.7 Å². The lowest BCUT2D eigenvalue weighted by Crippen LogP contribution is -2.50. The molecule has 1 fully saturated rings. The Kier molecular flexibility index (Phi) is 4.61. The molecular formula is C23H25NO4. The number of amides is 1. The van der Waals surface area contributed by atoms with Gasteiger partial charge in [0, 0.05) is 5.92 Å². The molecule has 1 saturated carbocycles. The van der Waals surface area contributed by atoms with Crippen molar-refractivity contribution in [2.45, 2.75) is 38.1 Å². The minimum absolute atomic E-state index is 0.0104. The van der Waals surface area contributed by atoms with Crippen LogP contribution in [0.5, 0.6) is 0 Å². The molecule has 1 amide bonds. The van der Waals surface area contributed by atoms with Gasteiger partial charge in [0.05, 0.1) is 12.0 Å². The van der Waals surface area contributed by atoms with Crippen LogP contribution in [0.4, 0.5) is 4.79 Å². The van der Waals surface area contributed by atoms with Crippen LogP contribution in [0.1, 0.15) is 43.7 Å². The Balaban J connectivity index is 1.47. The molecule has 0 bridgehead atoms. The highest BCUT2D eigenvalue weighted by Crippen LogP contribution is 2.47. The predicted molar refractivity (Wildman–Crippen MR) is 106 cm³/mol. The second-order valence-electron chi connectivity index (χ2n) is 8.26. The lowest BCUT2D eigenvalue weighted by molar-refractivity contribution is -0.138. The van der Waals surface area contributed by atoms with Crippen LogP contribution in [0.3, 0.4) is 0 Å². The van der Waals surface area contributed by atoms with Gasteiger partial charge in [-0.1, -0.05) is 55.5 Å². The highest BCUT2D eigenvalue weighted by atomic mass is 16.5. The molecule has 2 aromatic carbocycles. The normalized spacial score (nSPS) is 21.9. The quantitative estimate of drug-likeness (QED) is 0.779. The van der Waals surface area contributed by atoms with E-state index >= 15 is 0 Å². The first-order chi connectivity index (χ1) is 13.4. The zero-order valence-corrected chi connectivity index (χ0v) is 16.1. The Morgan fingerprint density at radius 3 is 2.14 bits per heavy atom. The van der Waals surface area contributed by atoms with Crippen LogP contribution in [-0.2, 0) is 9.53 Å². The van der Waals surface area contributed by atoms with Gasteiger partial charge < -0.3 is 15.2 Å². The first kappa shape index (κ1) is 18.5. The summed E-state index contributed by atoms with van der Waals surface area (Å²) >= 11 is 0. The fourth-order valence-electron chi connectivity index (χ4n) is 4.66. The lowest BCUT2D eigenvalue weighted by Gasteiger charge is -2.29. The molecule has 3 unspecified atom stereocenters. The first-order valence-electron chi connectivity index (χ1n) is 9.74. The summed E-state index contributed by atoms with van der Waals surface area (Å²) in [5, 5.41) is 12.1. The molecule has 0 aliphatic heterocycles. The van der Waals surface area contributed by atoms with Gasteiger partial charge in [0.2, 0.25) is 0 Å². The van der Waals surface area contributed by atoms with Gasteiger partial charge in [0.1, 0.15) is 6.61 Å². The number of rotatable bonds is 6. The molecule has 2 aliphatic carbocycles. The minimum atomic E-state index is -0.916. The van der Waals surface area contributed by atoms with Crippen molar-refractivity contribution >= 4 is 12.1 Å². The molecule has 0 heterocycles. The van der Waals surface area contributed by atoms with Crippen molar-refractivity contribution in [1.29, 1.82) is 0 Å². The molecule has 0 aromatic heterocycles. The van der Waals surface area contributed by atoms with Crippen LogP contribution < -0.4 is 5.32 Å². The topological polar surface area (TPSA) is 75.6 Å².